The minimum absolute atomic E-state index is 0.139. The van der Waals surface area contributed by atoms with Crippen LogP contribution in [0.25, 0.3) is 0 Å². The fraction of sp³-hybridized carbons (Fsp3) is 0.667. The quantitative estimate of drug-likeness (QED) is 0.663. The molecule has 0 saturated heterocycles. The molecule has 0 atom stereocenters. The molecule has 0 radical (unpaired) electrons. The summed E-state index contributed by atoms with van der Waals surface area (Å²) in [5.74, 6) is 0. The molecule has 0 saturated carbocycles. The fourth-order valence-electron chi connectivity index (χ4n) is 0.658. The van der Waals surface area contributed by atoms with Crippen LogP contribution < -0.4 is 0 Å². The van der Waals surface area contributed by atoms with Crippen molar-refractivity contribution in [1.82, 2.24) is 4.31 Å². The Hall–Kier alpha value is -0.600. The van der Waals surface area contributed by atoms with E-state index in [4.69, 9.17) is 0 Å². The first-order chi connectivity index (χ1) is 6.23. The molecular formula is C6H10F3NO3S. The normalized spacial score (nSPS) is 13.2. The van der Waals surface area contributed by atoms with E-state index >= 15 is 0 Å². The van der Waals surface area contributed by atoms with Crippen LogP contribution in [0.3, 0.4) is 0 Å². The topological polar surface area (TPSA) is 46.6 Å². The number of hydrogen-bond donors (Lipinski definition) is 0. The summed E-state index contributed by atoms with van der Waals surface area (Å²) >= 11 is 0. The predicted molar refractivity (Wildman–Crippen MR) is 43.8 cm³/mol. The molecule has 0 rings (SSSR count). The van der Waals surface area contributed by atoms with Gasteiger partial charge in [-0.25, -0.2) is 8.42 Å². The van der Waals surface area contributed by atoms with Crippen molar-refractivity contribution in [1.29, 1.82) is 0 Å². The van der Waals surface area contributed by atoms with Gasteiger partial charge in [0.15, 0.2) is 0 Å². The highest BCUT2D eigenvalue weighted by Gasteiger charge is 2.35. The molecule has 0 aliphatic rings. The molecule has 0 bridgehead atoms. The van der Waals surface area contributed by atoms with E-state index in [1.165, 1.54) is 0 Å². The second-order valence-electron chi connectivity index (χ2n) is 2.35. The van der Waals surface area contributed by atoms with E-state index in [1.54, 1.807) is 0 Å². The van der Waals surface area contributed by atoms with Crippen molar-refractivity contribution in [3.63, 3.8) is 0 Å². The first-order valence-electron chi connectivity index (χ1n) is 3.41. The predicted octanol–water partition coefficient (Wildman–Crippen LogP) is 0.928. The molecule has 0 amide bonds. The molecule has 0 aromatic heterocycles. The first kappa shape index (κ1) is 13.4. The van der Waals surface area contributed by atoms with Crippen LogP contribution in [0.5, 0.6) is 0 Å². The van der Waals surface area contributed by atoms with E-state index in [-0.39, 0.29) is 4.31 Å². The van der Waals surface area contributed by atoms with Gasteiger partial charge in [0.25, 0.3) is 0 Å². The van der Waals surface area contributed by atoms with Crippen LogP contribution in [0.15, 0.2) is 12.0 Å². The Morgan fingerprint density at radius 2 is 2.00 bits per heavy atom. The first-order valence-corrected chi connectivity index (χ1v) is 4.91. The average molecular weight is 233 g/mol. The van der Waals surface area contributed by atoms with Crippen LogP contribution in [0, 0.1) is 0 Å². The van der Waals surface area contributed by atoms with Gasteiger partial charge in [-0.1, -0.05) is 6.58 Å². The third kappa shape index (κ3) is 4.58. The maximum absolute atomic E-state index is 11.9. The van der Waals surface area contributed by atoms with Gasteiger partial charge < -0.3 is 4.74 Å². The zero-order valence-electron chi connectivity index (χ0n) is 7.41. The second kappa shape index (κ2) is 4.76. The molecular weight excluding hydrogens is 223 g/mol. The fourth-order valence-corrected chi connectivity index (χ4v) is 1.45. The summed E-state index contributed by atoms with van der Waals surface area (Å²) in [6.07, 6.45) is -4.60. The summed E-state index contributed by atoms with van der Waals surface area (Å²) < 4.78 is 62.2. The number of hydrogen-bond acceptors (Lipinski definition) is 3. The van der Waals surface area contributed by atoms with Crippen molar-refractivity contribution in [3.05, 3.63) is 12.0 Å². The second-order valence-corrected chi connectivity index (χ2v) is 4.23. The van der Waals surface area contributed by atoms with Crippen LogP contribution in [-0.4, -0.2) is 39.3 Å². The number of ether oxygens (including phenoxy) is 1. The Bertz CT molecular complexity index is 285. The minimum Gasteiger partial charge on any atom is -0.368 e. The Balaban J connectivity index is 4.70. The SMILES string of the molecule is C=CS(=O)(=O)N(COC)CC(F)(F)F. The number of sulfonamides is 1. The molecule has 14 heavy (non-hydrogen) atoms. The molecule has 0 unspecified atom stereocenters. The van der Waals surface area contributed by atoms with E-state index in [0.29, 0.717) is 5.41 Å². The van der Waals surface area contributed by atoms with Gasteiger partial charge in [0.1, 0.15) is 13.3 Å². The molecule has 0 spiro atoms. The Morgan fingerprint density at radius 3 is 2.29 bits per heavy atom. The van der Waals surface area contributed by atoms with Gasteiger partial charge in [-0.3, -0.25) is 0 Å². The summed E-state index contributed by atoms with van der Waals surface area (Å²) in [7, 11) is -3.00. The zero-order chi connectivity index (χ0) is 11.4. The third-order valence-electron chi connectivity index (χ3n) is 1.20. The maximum atomic E-state index is 11.9. The van der Waals surface area contributed by atoms with Crippen LogP contribution in [0.2, 0.25) is 0 Å². The molecule has 0 N–H and O–H groups in total. The van der Waals surface area contributed by atoms with Crippen LogP contribution >= 0.6 is 0 Å². The van der Waals surface area contributed by atoms with Gasteiger partial charge in [0, 0.05) is 12.5 Å². The van der Waals surface area contributed by atoms with Gasteiger partial charge in [0.2, 0.25) is 10.0 Å². The number of halogens is 3. The molecule has 84 valence electrons. The highest BCUT2D eigenvalue weighted by molar-refractivity contribution is 7.92. The van der Waals surface area contributed by atoms with E-state index < -0.39 is 29.5 Å². The molecule has 0 aromatic rings. The third-order valence-corrected chi connectivity index (χ3v) is 2.57. The number of alkyl halides is 3. The summed E-state index contributed by atoms with van der Waals surface area (Å²) in [4.78, 5) is 0. The van der Waals surface area contributed by atoms with Crippen molar-refractivity contribution in [2.45, 2.75) is 6.18 Å². The van der Waals surface area contributed by atoms with Crippen molar-refractivity contribution in [3.8, 4) is 0 Å². The lowest BCUT2D eigenvalue weighted by Gasteiger charge is -2.20. The van der Waals surface area contributed by atoms with Crippen molar-refractivity contribution < 1.29 is 26.3 Å². The molecule has 0 fully saturated rings. The Morgan fingerprint density at radius 1 is 1.50 bits per heavy atom. The Labute approximate surface area is 80.0 Å². The summed E-state index contributed by atoms with van der Waals surface area (Å²) in [6.45, 7) is 0.666. The van der Waals surface area contributed by atoms with Gasteiger partial charge in [-0.05, 0) is 0 Å². The lowest BCUT2D eigenvalue weighted by atomic mass is 10.6. The smallest absolute Gasteiger partial charge is 0.368 e. The van der Waals surface area contributed by atoms with Crippen LogP contribution in [0.1, 0.15) is 0 Å². The lowest BCUT2D eigenvalue weighted by molar-refractivity contribution is -0.142. The molecule has 8 heteroatoms. The van der Waals surface area contributed by atoms with E-state index in [9.17, 15) is 21.6 Å². The minimum atomic E-state index is -4.60. The number of rotatable bonds is 5. The summed E-state index contributed by atoms with van der Waals surface area (Å²) in [6, 6.07) is 0. The van der Waals surface area contributed by atoms with Crippen molar-refractivity contribution >= 4 is 10.0 Å². The van der Waals surface area contributed by atoms with Crippen molar-refractivity contribution in [2.24, 2.45) is 0 Å². The monoisotopic (exact) mass is 233 g/mol. The van der Waals surface area contributed by atoms with Crippen molar-refractivity contribution in [2.75, 3.05) is 20.4 Å². The summed E-state index contributed by atoms with van der Waals surface area (Å²) in [5, 5.41) is 0.442. The largest absolute Gasteiger partial charge is 0.402 e. The molecule has 0 aliphatic carbocycles. The van der Waals surface area contributed by atoms with E-state index in [2.05, 4.69) is 11.3 Å². The van der Waals surface area contributed by atoms with E-state index in [1.807, 2.05) is 0 Å². The van der Waals surface area contributed by atoms with Gasteiger partial charge in [-0.15, -0.1) is 0 Å². The highest BCUT2D eigenvalue weighted by atomic mass is 32.2. The van der Waals surface area contributed by atoms with Crippen LogP contribution in [-0.2, 0) is 14.8 Å². The standard InChI is InChI=1S/C6H10F3NO3S/c1-3-14(11,12)10(5-13-2)4-6(7,8)9/h3H,1,4-5H2,2H3. The van der Waals surface area contributed by atoms with Crippen LogP contribution in [0.4, 0.5) is 13.2 Å². The number of nitrogens with zero attached hydrogens (tertiary/aromatic N) is 1. The maximum Gasteiger partial charge on any atom is 0.402 e. The molecule has 0 aromatic carbocycles. The van der Waals surface area contributed by atoms with Gasteiger partial charge in [0.05, 0.1) is 0 Å². The Kier molecular flexibility index (Phi) is 4.56. The van der Waals surface area contributed by atoms with E-state index in [0.717, 1.165) is 7.11 Å². The lowest BCUT2D eigenvalue weighted by Crippen LogP contribution is -2.38. The average Bonchev–Trinajstić information content (AvgIpc) is 2.01. The number of methoxy groups -OCH3 is 1. The molecule has 4 nitrogen and oxygen atoms in total. The van der Waals surface area contributed by atoms with Gasteiger partial charge in [-0.2, -0.15) is 17.5 Å². The molecule has 0 heterocycles. The summed E-state index contributed by atoms with van der Waals surface area (Å²) in [5.41, 5.74) is 0. The zero-order valence-corrected chi connectivity index (χ0v) is 8.23. The van der Waals surface area contributed by atoms with Gasteiger partial charge >= 0.3 is 6.18 Å². The highest BCUT2D eigenvalue weighted by Crippen LogP contribution is 2.18. The molecule has 0 aliphatic heterocycles.